The maximum absolute atomic E-state index is 11.7. The molecule has 0 saturated heterocycles. The molecule has 7 heteroatoms. The second-order valence-corrected chi connectivity index (χ2v) is 5.10. The van der Waals surface area contributed by atoms with Gasteiger partial charge in [-0.3, -0.25) is 9.59 Å². The first kappa shape index (κ1) is 14.4. The molecule has 20 heavy (non-hydrogen) atoms. The number of carboxylic acids is 1. The highest BCUT2D eigenvalue weighted by atomic mass is 32.1. The van der Waals surface area contributed by atoms with E-state index in [0.29, 0.717) is 30.8 Å². The van der Waals surface area contributed by atoms with Gasteiger partial charge in [0.2, 0.25) is 0 Å². The summed E-state index contributed by atoms with van der Waals surface area (Å²) in [4.78, 5) is 26.6. The number of rotatable bonds is 6. The Morgan fingerprint density at radius 3 is 2.85 bits per heavy atom. The lowest BCUT2D eigenvalue weighted by molar-refractivity contribution is -0.138. The van der Waals surface area contributed by atoms with E-state index in [-0.39, 0.29) is 12.1 Å². The van der Waals surface area contributed by atoms with Crippen LogP contribution in [0.25, 0.3) is 0 Å². The van der Waals surface area contributed by atoms with Gasteiger partial charge in [0.05, 0.1) is 0 Å². The Morgan fingerprint density at radius 2 is 2.25 bits per heavy atom. The summed E-state index contributed by atoms with van der Waals surface area (Å²) in [6, 6.07) is 2.00. The van der Waals surface area contributed by atoms with E-state index in [1.54, 1.807) is 18.3 Å². The first-order valence-corrected chi connectivity index (χ1v) is 7.24. The van der Waals surface area contributed by atoms with Gasteiger partial charge in [-0.05, 0) is 35.2 Å². The molecule has 0 fully saturated rings. The second-order valence-electron chi connectivity index (χ2n) is 4.32. The topological polar surface area (TPSA) is 85.1 Å². The fourth-order valence-corrected chi connectivity index (χ4v) is 2.54. The Morgan fingerprint density at radius 1 is 1.45 bits per heavy atom. The van der Waals surface area contributed by atoms with Crippen LogP contribution in [0, 0.1) is 0 Å². The lowest BCUT2D eigenvalue weighted by Gasteiger charge is -2.10. The minimum Gasteiger partial charge on any atom is -0.480 e. The largest absolute Gasteiger partial charge is 0.480 e. The number of hydrogen-bond acceptors (Lipinski definition) is 5. The van der Waals surface area contributed by atoms with Crippen LogP contribution in [0.4, 0.5) is 0 Å². The summed E-state index contributed by atoms with van der Waals surface area (Å²) in [7, 11) is 0. The zero-order valence-corrected chi connectivity index (χ0v) is 11.9. The Bertz CT molecular complexity index is 649. The van der Waals surface area contributed by atoms with Crippen molar-refractivity contribution in [2.24, 2.45) is 0 Å². The average molecular weight is 293 g/mol. The molecule has 0 atom stereocenters. The van der Waals surface area contributed by atoms with Gasteiger partial charge in [-0.25, -0.2) is 4.68 Å². The van der Waals surface area contributed by atoms with Crippen molar-refractivity contribution in [2.45, 2.75) is 32.7 Å². The fraction of sp³-hybridized carbons (Fsp3) is 0.385. The van der Waals surface area contributed by atoms with Crippen LogP contribution in [-0.4, -0.2) is 25.8 Å². The number of aliphatic carboxylic acids is 1. The van der Waals surface area contributed by atoms with Crippen LogP contribution in [0.3, 0.4) is 0 Å². The number of thiophene rings is 1. The van der Waals surface area contributed by atoms with Crippen molar-refractivity contribution < 1.29 is 9.90 Å². The van der Waals surface area contributed by atoms with Gasteiger partial charge in [0.15, 0.2) is 0 Å². The minimum absolute atomic E-state index is 0.279. The van der Waals surface area contributed by atoms with Crippen molar-refractivity contribution in [1.82, 2.24) is 14.8 Å². The molecule has 106 valence electrons. The van der Waals surface area contributed by atoms with Crippen LogP contribution in [0.15, 0.2) is 21.6 Å². The molecular formula is C13H15N3O3S. The molecule has 2 aromatic heterocycles. The molecule has 0 radical (unpaired) electrons. The van der Waals surface area contributed by atoms with Gasteiger partial charge in [-0.15, -0.1) is 0 Å². The SMILES string of the molecule is CCc1nn(CC(=O)O)c(CCc2ccsc2)nc1=O. The first-order valence-electron chi connectivity index (χ1n) is 6.30. The van der Waals surface area contributed by atoms with Crippen molar-refractivity contribution in [3.8, 4) is 0 Å². The van der Waals surface area contributed by atoms with Crippen LogP contribution < -0.4 is 5.56 Å². The zero-order chi connectivity index (χ0) is 14.5. The first-order chi connectivity index (χ1) is 9.60. The highest BCUT2D eigenvalue weighted by molar-refractivity contribution is 7.07. The molecule has 0 unspecified atom stereocenters. The van der Waals surface area contributed by atoms with Crippen molar-refractivity contribution in [3.63, 3.8) is 0 Å². The minimum atomic E-state index is -0.998. The van der Waals surface area contributed by atoms with E-state index >= 15 is 0 Å². The fourth-order valence-electron chi connectivity index (χ4n) is 1.84. The highest BCUT2D eigenvalue weighted by Crippen LogP contribution is 2.09. The van der Waals surface area contributed by atoms with E-state index < -0.39 is 5.97 Å². The van der Waals surface area contributed by atoms with E-state index in [0.717, 1.165) is 5.56 Å². The Kier molecular flexibility index (Phi) is 4.62. The van der Waals surface area contributed by atoms with Crippen molar-refractivity contribution in [2.75, 3.05) is 0 Å². The van der Waals surface area contributed by atoms with Crippen LogP contribution in [0.1, 0.15) is 24.0 Å². The summed E-state index contributed by atoms with van der Waals surface area (Å²) < 4.78 is 1.31. The van der Waals surface area contributed by atoms with E-state index in [1.807, 2.05) is 16.8 Å². The number of aromatic nitrogens is 3. The molecule has 0 bridgehead atoms. The molecule has 0 saturated carbocycles. The maximum Gasteiger partial charge on any atom is 0.325 e. The van der Waals surface area contributed by atoms with Gasteiger partial charge >= 0.3 is 5.97 Å². The van der Waals surface area contributed by atoms with Crippen molar-refractivity contribution >= 4 is 17.3 Å². The molecule has 2 aromatic rings. The average Bonchev–Trinajstić information content (AvgIpc) is 2.91. The number of nitrogens with zero attached hydrogens (tertiary/aromatic N) is 3. The molecule has 0 aromatic carbocycles. The molecule has 0 spiro atoms. The van der Waals surface area contributed by atoms with Gasteiger partial charge in [0, 0.05) is 6.42 Å². The molecular weight excluding hydrogens is 278 g/mol. The van der Waals surface area contributed by atoms with E-state index in [9.17, 15) is 9.59 Å². The maximum atomic E-state index is 11.7. The Hall–Kier alpha value is -2.02. The van der Waals surface area contributed by atoms with Gasteiger partial charge < -0.3 is 5.11 Å². The highest BCUT2D eigenvalue weighted by Gasteiger charge is 2.12. The van der Waals surface area contributed by atoms with Gasteiger partial charge in [0.1, 0.15) is 18.1 Å². The molecule has 1 N–H and O–H groups in total. The standard InChI is InChI=1S/C13H15N3O3S/c1-2-10-13(19)14-11(16(15-10)7-12(17)18)4-3-9-5-6-20-8-9/h5-6,8H,2-4,7H2,1H3,(H,17,18). The third kappa shape index (κ3) is 3.51. The van der Waals surface area contributed by atoms with Crippen molar-refractivity contribution in [1.29, 1.82) is 0 Å². The summed E-state index contributed by atoms with van der Waals surface area (Å²) in [6.45, 7) is 1.51. The van der Waals surface area contributed by atoms with Gasteiger partial charge in [-0.1, -0.05) is 6.92 Å². The van der Waals surface area contributed by atoms with Gasteiger partial charge in [0.25, 0.3) is 5.56 Å². The van der Waals surface area contributed by atoms with E-state index in [2.05, 4.69) is 10.1 Å². The normalized spacial score (nSPS) is 10.7. The smallest absolute Gasteiger partial charge is 0.325 e. The van der Waals surface area contributed by atoms with Crippen LogP contribution in [0.2, 0.25) is 0 Å². The Balaban J connectivity index is 2.26. The monoisotopic (exact) mass is 293 g/mol. The number of carbonyl (C=O) groups is 1. The Labute approximate surface area is 119 Å². The van der Waals surface area contributed by atoms with Crippen LogP contribution in [0.5, 0.6) is 0 Å². The summed E-state index contributed by atoms with van der Waals surface area (Å²) >= 11 is 1.60. The summed E-state index contributed by atoms with van der Waals surface area (Å²) in [5.74, 6) is -0.581. The van der Waals surface area contributed by atoms with Crippen LogP contribution in [-0.2, 0) is 30.6 Å². The molecule has 0 aliphatic rings. The lowest BCUT2D eigenvalue weighted by atomic mass is 10.2. The second kappa shape index (κ2) is 6.42. The van der Waals surface area contributed by atoms with Crippen molar-refractivity contribution in [3.05, 3.63) is 44.3 Å². The molecule has 0 aliphatic heterocycles. The van der Waals surface area contributed by atoms with Crippen LogP contribution >= 0.6 is 11.3 Å². The molecule has 2 rings (SSSR count). The van der Waals surface area contributed by atoms with E-state index in [4.69, 9.17) is 5.11 Å². The third-order valence-corrected chi connectivity index (χ3v) is 3.59. The quantitative estimate of drug-likeness (QED) is 0.863. The summed E-state index contributed by atoms with van der Waals surface area (Å²) in [5, 5.41) is 17.0. The third-order valence-electron chi connectivity index (χ3n) is 2.85. The van der Waals surface area contributed by atoms with Gasteiger partial charge in [-0.2, -0.15) is 21.4 Å². The number of carboxylic acid groups (broad SMARTS) is 1. The lowest BCUT2D eigenvalue weighted by Crippen LogP contribution is -2.27. The van der Waals surface area contributed by atoms with E-state index in [1.165, 1.54) is 4.68 Å². The predicted octanol–water partition coefficient (Wildman–Crippen LogP) is 1.13. The molecule has 0 aliphatic carbocycles. The number of aryl methyl sites for hydroxylation is 3. The number of hydrogen-bond donors (Lipinski definition) is 1. The predicted molar refractivity (Wildman–Crippen MR) is 75.0 cm³/mol. The summed E-state index contributed by atoms with van der Waals surface area (Å²) in [5.41, 5.74) is 1.07. The summed E-state index contributed by atoms with van der Waals surface area (Å²) in [6.07, 6.45) is 1.65. The molecule has 6 nitrogen and oxygen atoms in total. The molecule has 2 heterocycles. The zero-order valence-electron chi connectivity index (χ0n) is 11.1. The molecule has 0 amide bonds.